The van der Waals surface area contributed by atoms with E-state index in [1.54, 1.807) is 0 Å². The van der Waals surface area contributed by atoms with Crippen molar-refractivity contribution in [2.45, 2.75) is 156 Å². The molecule has 0 atom stereocenters. The highest BCUT2D eigenvalue weighted by molar-refractivity contribution is 6.72. The van der Waals surface area contributed by atoms with Gasteiger partial charge < -0.3 is 38.1 Å². The lowest BCUT2D eigenvalue weighted by Gasteiger charge is -2.19. The maximum absolute atomic E-state index is 7.01. The van der Waals surface area contributed by atoms with Gasteiger partial charge in [0.1, 0.15) is 0 Å². The van der Waals surface area contributed by atoms with Gasteiger partial charge in [-0.1, -0.05) is 79.1 Å². The SMILES string of the molecule is CCCCC[Si](C)(C)OC.CCC[Si](C)(C)OC.[2H]C([2H])([2H])O[Si](C)(C)CCC.[2H]C([2H])([2H])O[Si](C)(C)CCCCC.[2H]OC.[2H]OC([2H])([2H])[2H].[2H]OC([2H])([2H])[2H].[2H]OC([2H])([2H])[2H]. The number of hydrogen-bond acceptors (Lipinski definition) is 8. The summed E-state index contributed by atoms with van der Waals surface area (Å²) in [5, 5.41) is 13.1. The first-order valence-corrected chi connectivity index (χ1v) is 27.8. The van der Waals surface area contributed by atoms with Crippen molar-refractivity contribution in [1.82, 2.24) is 0 Å². The highest BCUT2D eigenvalue weighted by Crippen LogP contribution is 2.15. The van der Waals surface area contributed by atoms with Crippen LogP contribution in [0.3, 0.4) is 0 Å². The zero-order chi connectivity index (χ0) is 52.6. The lowest BCUT2D eigenvalue weighted by Crippen LogP contribution is -2.27. The van der Waals surface area contributed by atoms with Crippen LogP contribution in [0.25, 0.3) is 0 Å². The van der Waals surface area contributed by atoms with Gasteiger partial charge in [-0.2, -0.15) is 0 Å². The summed E-state index contributed by atoms with van der Waals surface area (Å²) in [6, 6.07) is 4.45. The van der Waals surface area contributed by atoms with Crippen molar-refractivity contribution in [3.05, 3.63) is 0 Å². The minimum absolute atomic E-state index is 0.908. The fourth-order valence-electron chi connectivity index (χ4n) is 3.11. The Hall–Kier alpha value is 0.548. The Bertz CT molecular complexity index is 926. The molecule has 0 radical (unpaired) electrons. The zero-order valence-electron chi connectivity index (χ0n) is 50.3. The molecule has 12 heteroatoms. The second-order valence-electron chi connectivity index (χ2n) is 12.1. The Morgan fingerprint density at radius 2 is 0.705 bits per heavy atom. The molecule has 0 aromatic rings. The van der Waals surface area contributed by atoms with Crippen LogP contribution in [0.4, 0.5) is 0 Å². The largest absolute Gasteiger partial charge is 0.420 e. The molecule has 8 nitrogen and oxygen atoms in total. The minimum Gasteiger partial charge on any atom is -0.420 e. The molecule has 0 aliphatic heterocycles. The van der Waals surface area contributed by atoms with Gasteiger partial charge in [0.25, 0.3) is 0 Å². The average Bonchev–Trinajstić information content (AvgIpc) is 3.07. The molecule has 44 heavy (non-hydrogen) atoms. The zero-order valence-corrected chi connectivity index (χ0v) is 35.3. The van der Waals surface area contributed by atoms with Crippen molar-refractivity contribution in [2.75, 3.05) is 56.5 Å². The lowest BCUT2D eigenvalue weighted by molar-refractivity contribution is 0.399. The first-order chi connectivity index (χ1) is 27.9. The van der Waals surface area contributed by atoms with E-state index in [2.05, 4.69) is 67.4 Å². The Morgan fingerprint density at radius 3 is 0.909 bits per heavy atom. The Morgan fingerprint density at radius 1 is 0.455 bits per heavy atom. The third kappa shape index (κ3) is 69.3. The van der Waals surface area contributed by atoms with E-state index >= 15 is 0 Å². The van der Waals surface area contributed by atoms with Crippen LogP contribution < -0.4 is 0 Å². The second-order valence-corrected chi connectivity index (χ2v) is 29.4. The maximum atomic E-state index is 7.01. The number of aliphatic hydroxyl groups is 4. The summed E-state index contributed by atoms with van der Waals surface area (Å²) in [5.74, 6) is 0. The average molecular weight is 733 g/mol. The van der Waals surface area contributed by atoms with Gasteiger partial charge in [-0.15, -0.1) is 0 Å². The van der Waals surface area contributed by atoms with Gasteiger partial charge in [-0.3, -0.25) is 0 Å². The van der Waals surface area contributed by atoms with Crippen molar-refractivity contribution in [2.24, 2.45) is 0 Å². The summed E-state index contributed by atoms with van der Waals surface area (Å²) in [4.78, 5) is 0. The van der Waals surface area contributed by atoms with Gasteiger partial charge in [-0.25, -0.2) is 0 Å². The summed E-state index contributed by atoms with van der Waals surface area (Å²) in [6.45, 7) is 25.5. The quantitative estimate of drug-likeness (QED) is 0.0918. The molecule has 280 valence electrons. The molecule has 0 unspecified atom stereocenters. The fourth-order valence-corrected chi connectivity index (χ4v) is 8.34. The number of unbranched alkanes of at least 4 members (excludes halogenated alkanes) is 4. The van der Waals surface area contributed by atoms with Crippen molar-refractivity contribution in [1.29, 1.82) is 5.72 Å². The first-order valence-electron chi connectivity index (χ1n) is 24.4. The first kappa shape index (κ1) is 27.4. The predicted molar refractivity (Wildman–Crippen MR) is 209 cm³/mol. The Labute approximate surface area is 310 Å². The predicted octanol–water partition coefficient (Wildman–Crippen LogP) is 8.99. The van der Waals surface area contributed by atoms with Crippen LogP contribution in [0.5, 0.6) is 0 Å². The lowest BCUT2D eigenvalue weighted by atomic mass is 10.3. The highest BCUT2D eigenvalue weighted by atomic mass is 28.4. The standard InChI is InChI=1S/2C8H20OSi.2C6H16OSi.4CH4O/c2*1-5-6-7-8-10(3,4)9-2;2*1-5-6-8(3,4)7-2;4*1-2/h2*5-8H2,1-4H3;2*5-6H2,1-4H3;4*2H,1H3/i2D3;;2D3;;3*1D3,2D;2D. The monoisotopic (exact) mass is 732 g/mol. The molecule has 4 N–H and O–H groups in total. The van der Waals surface area contributed by atoms with Gasteiger partial charge in [0, 0.05) is 56.5 Å². The van der Waals surface area contributed by atoms with Crippen LogP contribution >= 0.6 is 0 Å². The summed E-state index contributed by atoms with van der Waals surface area (Å²) < 4.78 is 141. The molecule has 0 spiro atoms. The van der Waals surface area contributed by atoms with E-state index in [-0.39, 0.29) is 0 Å². The smallest absolute Gasteiger partial charge is 0.210 e. The van der Waals surface area contributed by atoms with Crippen molar-refractivity contribution >= 4 is 33.3 Å². The molecule has 0 bridgehead atoms. The molecule has 0 aromatic heterocycles. The third-order valence-corrected chi connectivity index (χ3v) is 16.0. The van der Waals surface area contributed by atoms with Gasteiger partial charge >= 0.3 is 0 Å². The van der Waals surface area contributed by atoms with Crippen LogP contribution in [-0.4, -0.2) is 116 Å². The summed E-state index contributed by atoms with van der Waals surface area (Å²) in [7, 11) is -13.3. The molecule has 0 saturated heterocycles. The van der Waals surface area contributed by atoms with Gasteiger partial charge in [0.15, 0.2) is 33.3 Å². The molecule has 0 aromatic carbocycles. The second kappa shape index (κ2) is 47.9. The Balaban J connectivity index is -0.0000000940. The Kier molecular flexibility index (Phi) is 29.8. The molecule has 0 amide bonds. The highest BCUT2D eigenvalue weighted by Gasteiger charge is 2.20. The molecule has 0 rings (SSSR count). The van der Waals surface area contributed by atoms with Gasteiger partial charge in [-0.05, 0) is 76.6 Å². The molecule has 0 saturated carbocycles. The maximum Gasteiger partial charge on any atom is 0.210 e. The van der Waals surface area contributed by atoms with Crippen LogP contribution in [0, 0.1) is 0 Å². The van der Waals surface area contributed by atoms with Gasteiger partial charge in [0.2, 0.25) is 5.72 Å². The molecular formula is C32H88O8Si4. The van der Waals surface area contributed by atoms with E-state index < -0.39 is 68.5 Å². The summed E-state index contributed by atoms with van der Waals surface area (Å²) in [5.41, 5.74) is 0. The summed E-state index contributed by atoms with van der Waals surface area (Å²) >= 11 is 0. The van der Waals surface area contributed by atoms with E-state index in [9.17, 15) is 0 Å². The number of aliphatic hydroxyl groups excluding tert-OH is 1. The number of rotatable bonds is 16. The third-order valence-electron chi connectivity index (χ3n) is 6.13. The van der Waals surface area contributed by atoms with Crippen LogP contribution in [0.2, 0.25) is 76.6 Å². The molecular weight excluding hydrogens is 625 g/mol. The summed E-state index contributed by atoms with van der Waals surface area (Å²) in [6.07, 6.45) is 9.70. The van der Waals surface area contributed by atoms with Crippen LogP contribution in [0.15, 0.2) is 0 Å². The van der Waals surface area contributed by atoms with Crippen molar-refractivity contribution in [3.8, 4) is 0 Å². The molecule has 0 fully saturated rings. The van der Waals surface area contributed by atoms with Crippen LogP contribution in [0.1, 0.15) is 99.6 Å². The van der Waals surface area contributed by atoms with E-state index in [0.29, 0.717) is 0 Å². The molecule has 0 aliphatic rings. The van der Waals surface area contributed by atoms with Crippen LogP contribution in [-0.2, 0) is 17.7 Å². The van der Waals surface area contributed by atoms with E-state index in [1.165, 1.54) is 51.3 Å². The van der Waals surface area contributed by atoms with E-state index in [1.807, 2.05) is 47.3 Å². The van der Waals surface area contributed by atoms with E-state index in [4.69, 9.17) is 44.0 Å². The topological polar surface area (TPSA) is 118 Å². The van der Waals surface area contributed by atoms with Crippen molar-refractivity contribution < 1.29 is 58.7 Å². The van der Waals surface area contributed by atoms with Gasteiger partial charge in [0.05, 0.1) is 20.6 Å². The molecule has 0 heterocycles. The normalized spacial score (nSPS) is 18.0. The number of hydrogen-bond donors (Lipinski definition) is 4. The fraction of sp³-hybridized carbons (Fsp3) is 1.00. The molecule has 0 aliphatic carbocycles. The van der Waals surface area contributed by atoms with E-state index in [0.717, 1.165) is 31.4 Å². The minimum atomic E-state index is -2.54. The van der Waals surface area contributed by atoms with Crippen molar-refractivity contribution in [3.63, 3.8) is 0 Å².